The zero-order valence-electron chi connectivity index (χ0n) is 13.9. The molecule has 2 bridgehead atoms. The second-order valence-electron chi connectivity index (χ2n) is 5.77. The van der Waals surface area contributed by atoms with E-state index in [4.69, 9.17) is 4.42 Å². The monoisotopic (exact) mass is 390 g/mol. The molecule has 0 spiro atoms. The van der Waals surface area contributed by atoms with Gasteiger partial charge in [-0.15, -0.1) is 13.2 Å². The van der Waals surface area contributed by atoms with Crippen LogP contribution in [0.5, 0.6) is 5.75 Å². The summed E-state index contributed by atoms with van der Waals surface area (Å²) in [6, 6.07) is 9.68. The van der Waals surface area contributed by atoms with E-state index in [1.54, 1.807) is 24.3 Å². The molecule has 9 heteroatoms. The first-order valence-electron chi connectivity index (χ1n) is 7.94. The number of fused-ring (bicyclic) bond motifs is 2. The van der Waals surface area contributed by atoms with E-state index in [0.29, 0.717) is 16.7 Å². The van der Waals surface area contributed by atoms with E-state index in [0.717, 1.165) is 18.2 Å². The Morgan fingerprint density at radius 1 is 1.04 bits per heavy atom. The molecule has 0 unspecified atom stereocenters. The van der Waals surface area contributed by atoms with Crippen LogP contribution < -0.4 is 10.1 Å². The fourth-order valence-corrected chi connectivity index (χ4v) is 2.88. The summed E-state index contributed by atoms with van der Waals surface area (Å²) in [7, 11) is 0. The van der Waals surface area contributed by atoms with E-state index in [9.17, 15) is 22.4 Å². The molecule has 142 valence electrons. The summed E-state index contributed by atoms with van der Waals surface area (Å²) >= 11 is 0. The number of pyridine rings is 1. The molecule has 0 aliphatic carbocycles. The average Bonchev–Trinajstić information content (AvgIpc) is 3.26. The third-order valence-electron chi connectivity index (χ3n) is 3.98. The molecule has 3 aromatic heterocycles. The van der Waals surface area contributed by atoms with Gasteiger partial charge in [0.15, 0.2) is 11.6 Å². The number of nitrogens with one attached hydrogen (secondary N) is 1. The van der Waals surface area contributed by atoms with Crippen molar-refractivity contribution in [2.75, 3.05) is 5.32 Å². The van der Waals surface area contributed by atoms with Gasteiger partial charge in [0.1, 0.15) is 11.2 Å². The van der Waals surface area contributed by atoms with Crippen molar-refractivity contribution in [3.63, 3.8) is 0 Å². The maximum absolute atomic E-state index is 14.3. The van der Waals surface area contributed by atoms with E-state index >= 15 is 0 Å². The summed E-state index contributed by atoms with van der Waals surface area (Å²) in [4.78, 5) is 16.7. The van der Waals surface area contributed by atoms with Crippen molar-refractivity contribution < 1.29 is 31.5 Å². The van der Waals surface area contributed by atoms with Gasteiger partial charge in [-0.25, -0.2) is 4.39 Å². The number of furan rings is 2. The zero-order chi connectivity index (χ0) is 19.9. The topological polar surface area (TPSA) is 64.4 Å². The van der Waals surface area contributed by atoms with Gasteiger partial charge in [-0.05, 0) is 42.0 Å². The predicted octanol–water partition coefficient (Wildman–Crippen LogP) is 5.22. The van der Waals surface area contributed by atoms with Gasteiger partial charge < -0.3 is 14.5 Å². The van der Waals surface area contributed by atoms with E-state index in [2.05, 4.69) is 15.0 Å². The Bertz CT molecular complexity index is 1140. The maximum Gasteiger partial charge on any atom is 0.573 e. The third kappa shape index (κ3) is 3.22. The summed E-state index contributed by atoms with van der Waals surface area (Å²) in [5.74, 6) is -3.11. The minimum absolute atomic E-state index is 0.144. The largest absolute Gasteiger partial charge is 0.573 e. The number of carbonyl (C=O) groups excluding carboxylic acids is 1. The van der Waals surface area contributed by atoms with Gasteiger partial charge in [0.05, 0.1) is 11.3 Å². The van der Waals surface area contributed by atoms with Crippen molar-refractivity contribution in [3.8, 4) is 16.9 Å². The highest BCUT2D eigenvalue weighted by molar-refractivity contribution is 6.16. The van der Waals surface area contributed by atoms with Gasteiger partial charge >= 0.3 is 6.36 Å². The van der Waals surface area contributed by atoms with Crippen LogP contribution >= 0.6 is 0 Å². The number of aromatic nitrogens is 1. The minimum atomic E-state index is -5.06. The van der Waals surface area contributed by atoms with Gasteiger partial charge in [-0.3, -0.25) is 9.78 Å². The van der Waals surface area contributed by atoms with Crippen molar-refractivity contribution in [1.82, 2.24) is 4.98 Å². The summed E-state index contributed by atoms with van der Waals surface area (Å²) in [6.07, 6.45) is -1.98. The number of halogens is 4. The number of hydrogen-bond donors (Lipinski definition) is 1. The highest BCUT2D eigenvalue weighted by Crippen LogP contribution is 2.37. The lowest BCUT2D eigenvalue weighted by Crippen LogP contribution is -2.19. The number of hydrogen-bond acceptors (Lipinski definition) is 4. The van der Waals surface area contributed by atoms with Crippen LogP contribution in [0.1, 0.15) is 10.4 Å². The molecule has 0 aliphatic rings. The molecule has 0 fully saturated rings. The molecule has 0 saturated carbocycles. The quantitative estimate of drug-likeness (QED) is 0.485. The van der Waals surface area contributed by atoms with E-state index in [-0.39, 0.29) is 11.1 Å². The van der Waals surface area contributed by atoms with Gasteiger partial charge in [0, 0.05) is 18.0 Å². The first-order valence-corrected chi connectivity index (χ1v) is 7.94. The number of amides is 1. The Morgan fingerprint density at radius 3 is 2.46 bits per heavy atom. The number of rotatable bonds is 4. The Kier molecular flexibility index (Phi) is 4.14. The van der Waals surface area contributed by atoms with Crippen LogP contribution in [0.3, 0.4) is 0 Å². The van der Waals surface area contributed by atoms with Crippen molar-refractivity contribution in [3.05, 3.63) is 66.2 Å². The second kappa shape index (κ2) is 6.52. The standard InChI is InChI=1S/C19H10F4N2O3/c20-17-11(2-1-3-14(17)28-19(21,22)23)25-18(26)16-13-5-4-12(27-13)15(16)10-6-8-24-9-7-10/h1-9H,(H,25,26). The maximum atomic E-state index is 14.3. The number of carbonyl (C=O) groups is 1. The van der Waals surface area contributed by atoms with E-state index in [1.165, 1.54) is 12.4 Å². The van der Waals surface area contributed by atoms with Gasteiger partial charge in [-0.1, -0.05) is 6.07 Å². The van der Waals surface area contributed by atoms with Crippen LogP contribution in [-0.4, -0.2) is 17.3 Å². The van der Waals surface area contributed by atoms with Crippen molar-refractivity contribution in [2.24, 2.45) is 0 Å². The molecule has 1 N–H and O–H groups in total. The lowest BCUT2D eigenvalue weighted by atomic mass is 10.00. The number of nitrogens with zero attached hydrogens (tertiary/aromatic N) is 1. The Balaban J connectivity index is 1.69. The van der Waals surface area contributed by atoms with Gasteiger partial charge in [0.25, 0.3) is 5.91 Å². The molecule has 0 atom stereocenters. The summed E-state index contributed by atoms with van der Waals surface area (Å²) in [5, 5.41) is 2.28. The minimum Gasteiger partial charge on any atom is -0.456 e. The third-order valence-corrected chi connectivity index (χ3v) is 3.98. The highest BCUT2D eigenvalue weighted by Gasteiger charge is 2.33. The molecule has 3 heterocycles. The predicted molar refractivity (Wildman–Crippen MR) is 91.7 cm³/mol. The molecule has 0 radical (unpaired) electrons. The molecule has 0 aliphatic heterocycles. The average molecular weight is 390 g/mol. The van der Waals surface area contributed by atoms with Gasteiger partial charge in [-0.2, -0.15) is 0 Å². The van der Waals surface area contributed by atoms with Crippen molar-refractivity contribution in [1.29, 1.82) is 0 Å². The molecule has 1 aromatic carbocycles. The second-order valence-corrected chi connectivity index (χ2v) is 5.77. The fraction of sp³-hybridized carbons (Fsp3) is 0.0526. The van der Waals surface area contributed by atoms with Crippen molar-refractivity contribution >= 4 is 22.8 Å². The summed E-state index contributed by atoms with van der Waals surface area (Å²) in [6.45, 7) is 0. The molecular formula is C19H10F4N2O3. The molecule has 4 rings (SSSR count). The molecule has 0 saturated heterocycles. The van der Waals surface area contributed by atoms with Gasteiger partial charge in [0.2, 0.25) is 0 Å². The first kappa shape index (κ1) is 17.8. The Morgan fingerprint density at radius 2 is 1.75 bits per heavy atom. The van der Waals surface area contributed by atoms with E-state index in [1.807, 2.05) is 0 Å². The Hall–Kier alpha value is -3.62. The Labute approximate surface area is 154 Å². The first-order chi connectivity index (χ1) is 13.3. The molecule has 5 nitrogen and oxygen atoms in total. The lowest BCUT2D eigenvalue weighted by molar-refractivity contribution is -0.275. The van der Waals surface area contributed by atoms with E-state index < -0.39 is 29.5 Å². The molecular weight excluding hydrogens is 380 g/mol. The van der Waals surface area contributed by atoms with Crippen LogP contribution in [0.4, 0.5) is 23.2 Å². The normalized spacial score (nSPS) is 11.7. The fourth-order valence-electron chi connectivity index (χ4n) is 2.88. The SMILES string of the molecule is O=C(Nc1cccc(OC(F)(F)F)c1F)c1c(-c2ccncc2)c2ccc1o2. The van der Waals surface area contributed by atoms with Crippen LogP contribution in [0, 0.1) is 5.82 Å². The number of benzene rings is 2. The van der Waals surface area contributed by atoms with Crippen LogP contribution in [0.2, 0.25) is 0 Å². The number of alkyl halides is 3. The van der Waals surface area contributed by atoms with Crippen molar-refractivity contribution in [2.45, 2.75) is 6.36 Å². The zero-order valence-corrected chi connectivity index (χ0v) is 13.9. The summed E-state index contributed by atoms with van der Waals surface area (Å²) < 4.78 is 60.6. The molecule has 1 amide bonds. The van der Waals surface area contributed by atoms with Crippen LogP contribution in [0.25, 0.3) is 22.3 Å². The molecule has 4 aromatic rings. The van der Waals surface area contributed by atoms with Crippen LogP contribution in [0.15, 0.2) is 59.3 Å². The number of anilines is 1. The smallest absolute Gasteiger partial charge is 0.456 e. The number of ether oxygens (including phenoxy) is 1. The van der Waals surface area contributed by atoms with Crippen LogP contribution in [-0.2, 0) is 0 Å². The highest BCUT2D eigenvalue weighted by atomic mass is 19.4. The molecule has 28 heavy (non-hydrogen) atoms. The summed E-state index contributed by atoms with van der Waals surface area (Å²) in [5.41, 5.74) is 1.55. The lowest BCUT2D eigenvalue weighted by Gasteiger charge is -2.13.